The molecule has 2 saturated carbocycles. The highest BCUT2D eigenvalue weighted by Crippen LogP contribution is 2.44. The first-order chi connectivity index (χ1) is 9.61. The lowest BCUT2D eigenvalue weighted by Gasteiger charge is -2.26. The monoisotopic (exact) mass is 266 g/mol. The van der Waals surface area contributed by atoms with Crippen LogP contribution in [0.1, 0.15) is 48.8 Å². The molecule has 102 valence electrons. The lowest BCUT2D eigenvalue weighted by Crippen LogP contribution is -2.35. The second-order valence-corrected chi connectivity index (χ2v) is 5.89. The Morgan fingerprint density at radius 1 is 1.10 bits per heavy atom. The van der Waals surface area contributed by atoms with Gasteiger partial charge in [-0.25, -0.2) is 0 Å². The van der Waals surface area contributed by atoms with E-state index in [0.717, 1.165) is 36.0 Å². The van der Waals surface area contributed by atoms with E-state index < -0.39 is 5.92 Å². The molecule has 1 aromatic rings. The summed E-state index contributed by atoms with van der Waals surface area (Å²) in [5.74, 6) is 5.85. The van der Waals surface area contributed by atoms with Crippen LogP contribution in [-0.2, 0) is 9.59 Å². The fraction of sp³-hybridized carbons (Fsp3) is 0.444. The fourth-order valence-electron chi connectivity index (χ4n) is 3.64. The van der Waals surface area contributed by atoms with Crippen molar-refractivity contribution in [1.82, 2.24) is 0 Å². The van der Waals surface area contributed by atoms with E-state index in [4.69, 9.17) is 0 Å². The van der Waals surface area contributed by atoms with Crippen LogP contribution >= 0.6 is 0 Å². The number of carbonyl (C=O) groups is 2. The van der Waals surface area contributed by atoms with Gasteiger partial charge in [0.15, 0.2) is 11.6 Å². The minimum atomic E-state index is -0.523. The lowest BCUT2D eigenvalue weighted by molar-refractivity contribution is -0.135. The summed E-state index contributed by atoms with van der Waals surface area (Å²) in [4.78, 5) is 25.0. The molecule has 2 heteroatoms. The van der Waals surface area contributed by atoms with Crippen molar-refractivity contribution in [3.63, 3.8) is 0 Å². The van der Waals surface area contributed by atoms with Crippen LogP contribution < -0.4 is 0 Å². The molecular formula is C18H18O2. The number of ketones is 2. The van der Waals surface area contributed by atoms with E-state index in [0.29, 0.717) is 0 Å². The molecule has 0 saturated heterocycles. The molecule has 0 spiro atoms. The Kier molecular flexibility index (Phi) is 3.22. The van der Waals surface area contributed by atoms with Crippen molar-refractivity contribution in [3.8, 4) is 11.8 Å². The molecule has 0 radical (unpaired) electrons. The number of aryl methyl sites for hydroxylation is 1. The van der Waals surface area contributed by atoms with E-state index >= 15 is 0 Å². The SMILES string of the molecule is CC#Cc1ccc(C2C(=O)C3CCC(C3)C2=O)c(C)c1. The van der Waals surface area contributed by atoms with Gasteiger partial charge in [0.2, 0.25) is 0 Å². The highest BCUT2D eigenvalue weighted by atomic mass is 16.2. The number of rotatable bonds is 1. The molecule has 0 aromatic heterocycles. The third-order valence-electron chi connectivity index (χ3n) is 4.66. The van der Waals surface area contributed by atoms with Crippen molar-refractivity contribution in [3.05, 3.63) is 34.9 Å². The molecule has 2 aliphatic carbocycles. The largest absolute Gasteiger partial charge is 0.298 e. The van der Waals surface area contributed by atoms with E-state index in [-0.39, 0.29) is 23.4 Å². The molecule has 20 heavy (non-hydrogen) atoms. The Hall–Kier alpha value is -1.88. The second-order valence-electron chi connectivity index (χ2n) is 5.89. The molecule has 0 heterocycles. The molecular weight excluding hydrogens is 248 g/mol. The smallest absolute Gasteiger partial charge is 0.150 e. The number of Topliss-reactive ketones (excluding diaryl/α,β-unsaturated/α-hetero) is 2. The molecule has 2 unspecified atom stereocenters. The first-order valence-corrected chi connectivity index (χ1v) is 7.22. The van der Waals surface area contributed by atoms with E-state index in [9.17, 15) is 9.59 Å². The van der Waals surface area contributed by atoms with Crippen LogP contribution in [0.2, 0.25) is 0 Å². The molecule has 2 aliphatic rings. The van der Waals surface area contributed by atoms with E-state index in [2.05, 4.69) is 11.8 Å². The van der Waals surface area contributed by atoms with Gasteiger partial charge in [-0.15, -0.1) is 5.92 Å². The van der Waals surface area contributed by atoms with E-state index in [1.807, 2.05) is 25.1 Å². The van der Waals surface area contributed by atoms with E-state index in [1.54, 1.807) is 6.92 Å². The maximum atomic E-state index is 12.5. The molecule has 0 N–H and O–H groups in total. The van der Waals surface area contributed by atoms with Gasteiger partial charge in [-0.1, -0.05) is 12.0 Å². The average molecular weight is 266 g/mol. The predicted molar refractivity (Wildman–Crippen MR) is 77.3 cm³/mol. The highest BCUT2D eigenvalue weighted by molar-refractivity contribution is 6.12. The van der Waals surface area contributed by atoms with Gasteiger partial charge >= 0.3 is 0 Å². The van der Waals surface area contributed by atoms with Crippen molar-refractivity contribution >= 4 is 11.6 Å². The van der Waals surface area contributed by atoms with Crippen molar-refractivity contribution in [1.29, 1.82) is 0 Å². The standard InChI is InChI=1S/C18H18O2/c1-3-4-12-5-8-15(11(2)9-12)16-17(19)13-6-7-14(10-13)18(16)20/h5,8-9,13-14,16H,6-7,10H2,1-2H3. The maximum Gasteiger partial charge on any atom is 0.150 e. The van der Waals surface area contributed by atoms with Gasteiger partial charge in [0.25, 0.3) is 0 Å². The van der Waals surface area contributed by atoms with Crippen LogP contribution in [0.3, 0.4) is 0 Å². The van der Waals surface area contributed by atoms with Gasteiger partial charge < -0.3 is 0 Å². The average Bonchev–Trinajstić information content (AvgIpc) is 2.86. The van der Waals surface area contributed by atoms with Gasteiger partial charge in [-0.2, -0.15) is 0 Å². The summed E-state index contributed by atoms with van der Waals surface area (Å²) < 4.78 is 0. The minimum absolute atomic E-state index is 0.109. The van der Waals surface area contributed by atoms with Gasteiger partial charge in [0, 0.05) is 17.4 Å². The minimum Gasteiger partial charge on any atom is -0.298 e. The number of fused-ring (bicyclic) bond motifs is 2. The summed E-state index contributed by atoms with van der Waals surface area (Å²) in [7, 11) is 0. The Morgan fingerprint density at radius 2 is 1.75 bits per heavy atom. The summed E-state index contributed by atoms with van der Waals surface area (Å²) in [5.41, 5.74) is 2.82. The molecule has 0 amide bonds. The molecule has 3 rings (SSSR count). The van der Waals surface area contributed by atoms with Gasteiger partial charge in [0.05, 0.1) is 0 Å². The Labute approximate surface area is 119 Å². The number of benzene rings is 1. The molecule has 2 fully saturated rings. The number of hydrogen-bond acceptors (Lipinski definition) is 2. The van der Waals surface area contributed by atoms with Crippen LogP contribution in [0, 0.1) is 30.6 Å². The maximum absolute atomic E-state index is 12.5. The summed E-state index contributed by atoms with van der Waals surface area (Å²) >= 11 is 0. The summed E-state index contributed by atoms with van der Waals surface area (Å²) in [6, 6.07) is 5.80. The normalized spacial score (nSPS) is 28.2. The summed E-state index contributed by atoms with van der Waals surface area (Å²) in [6.45, 7) is 3.77. The number of carbonyl (C=O) groups excluding carboxylic acids is 2. The first kappa shape index (κ1) is 13.1. The topological polar surface area (TPSA) is 34.1 Å². The van der Waals surface area contributed by atoms with Crippen LogP contribution in [0.25, 0.3) is 0 Å². The highest BCUT2D eigenvalue weighted by Gasteiger charge is 2.47. The van der Waals surface area contributed by atoms with Crippen molar-refractivity contribution in [2.75, 3.05) is 0 Å². The van der Waals surface area contributed by atoms with Crippen LogP contribution in [0.15, 0.2) is 18.2 Å². The second kappa shape index (κ2) is 4.90. The lowest BCUT2D eigenvalue weighted by atomic mass is 9.74. The zero-order chi connectivity index (χ0) is 14.3. The molecule has 0 aliphatic heterocycles. The predicted octanol–water partition coefficient (Wildman–Crippen LogP) is 3.02. The third kappa shape index (κ3) is 1.98. The summed E-state index contributed by atoms with van der Waals surface area (Å²) in [5, 5.41) is 0. The first-order valence-electron chi connectivity index (χ1n) is 7.22. The molecule has 1 aromatic carbocycles. The fourth-order valence-corrected chi connectivity index (χ4v) is 3.64. The zero-order valence-corrected chi connectivity index (χ0v) is 11.9. The molecule has 2 atom stereocenters. The Morgan fingerprint density at radius 3 is 2.30 bits per heavy atom. The van der Waals surface area contributed by atoms with Crippen LogP contribution in [-0.4, -0.2) is 11.6 Å². The molecule has 2 bridgehead atoms. The van der Waals surface area contributed by atoms with Gasteiger partial charge in [0.1, 0.15) is 5.92 Å². The van der Waals surface area contributed by atoms with Crippen molar-refractivity contribution in [2.24, 2.45) is 11.8 Å². The zero-order valence-electron chi connectivity index (χ0n) is 11.9. The van der Waals surface area contributed by atoms with Gasteiger partial charge in [-0.05, 0) is 56.4 Å². The van der Waals surface area contributed by atoms with Crippen molar-refractivity contribution in [2.45, 2.75) is 39.0 Å². The quantitative estimate of drug-likeness (QED) is 0.578. The van der Waals surface area contributed by atoms with E-state index in [1.165, 1.54) is 0 Å². The Bertz CT molecular complexity index is 623. The third-order valence-corrected chi connectivity index (χ3v) is 4.66. The van der Waals surface area contributed by atoms with Crippen LogP contribution in [0.5, 0.6) is 0 Å². The Balaban J connectivity index is 2.01. The summed E-state index contributed by atoms with van der Waals surface area (Å²) in [6.07, 6.45) is 2.57. The number of hydrogen-bond donors (Lipinski definition) is 0. The van der Waals surface area contributed by atoms with Crippen LogP contribution in [0.4, 0.5) is 0 Å². The van der Waals surface area contributed by atoms with Crippen molar-refractivity contribution < 1.29 is 9.59 Å². The molecule has 2 nitrogen and oxygen atoms in total. The van der Waals surface area contributed by atoms with Gasteiger partial charge in [-0.3, -0.25) is 9.59 Å².